The number of anilines is 1. The van der Waals surface area contributed by atoms with E-state index >= 15 is 0 Å². The standard InChI is InChI=1S/C18H30N2O/c1-14-11-16(20-10-6-7-17(13-20)21-5)9-8-15(14)12-19-18(2,3)4/h8-9,11,17,19H,6-7,10,12-13H2,1-5H3. The second-order valence-corrected chi connectivity index (χ2v) is 7.16. The molecule has 118 valence electrons. The Bertz CT molecular complexity index is 465. The van der Waals surface area contributed by atoms with Crippen LogP contribution in [0.2, 0.25) is 0 Å². The molecule has 1 N–H and O–H groups in total. The van der Waals surface area contributed by atoms with E-state index in [1.165, 1.54) is 29.7 Å². The molecule has 1 saturated heterocycles. The third kappa shape index (κ3) is 4.72. The largest absolute Gasteiger partial charge is 0.380 e. The number of aryl methyl sites for hydroxylation is 1. The summed E-state index contributed by atoms with van der Waals surface area (Å²) in [6.07, 6.45) is 2.77. The fourth-order valence-electron chi connectivity index (χ4n) is 2.80. The lowest BCUT2D eigenvalue weighted by Gasteiger charge is -2.34. The zero-order valence-corrected chi connectivity index (χ0v) is 14.2. The van der Waals surface area contributed by atoms with Crippen molar-refractivity contribution in [2.24, 2.45) is 0 Å². The summed E-state index contributed by atoms with van der Waals surface area (Å²) in [6.45, 7) is 11.9. The Balaban J connectivity index is 2.04. The number of rotatable bonds is 4. The molecule has 1 unspecified atom stereocenters. The molecule has 2 rings (SSSR count). The van der Waals surface area contributed by atoms with Crippen molar-refractivity contribution in [3.63, 3.8) is 0 Å². The van der Waals surface area contributed by atoms with Crippen LogP contribution in [0.3, 0.4) is 0 Å². The van der Waals surface area contributed by atoms with Crippen LogP contribution >= 0.6 is 0 Å². The molecule has 0 saturated carbocycles. The lowest BCUT2D eigenvalue weighted by Crippen LogP contribution is -2.39. The Morgan fingerprint density at radius 1 is 1.33 bits per heavy atom. The van der Waals surface area contributed by atoms with Crippen LogP contribution in [-0.4, -0.2) is 31.8 Å². The lowest BCUT2D eigenvalue weighted by atomic mass is 10.0. The normalized spacial score (nSPS) is 19.9. The highest BCUT2D eigenvalue weighted by Crippen LogP contribution is 2.24. The van der Waals surface area contributed by atoms with Gasteiger partial charge in [-0.1, -0.05) is 6.07 Å². The summed E-state index contributed by atoms with van der Waals surface area (Å²) >= 11 is 0. The van der Waals surface area contributed by atoms with E-state index in [1.54, 1.807) is 0 Å². The van der Waals surface area contributed by atoms with Crippen molar-refractivity contribution in [2.45, 2.75) is 58.7 Å². The van der Waals surface area contributed by atoms with Crippen LogP contribution in [0.15, 0.2) is 18.2 Å². The van der Waals surface area contributed by atoms with Gasteiger partial charge in [0.2, 0.25) is 0 Å². The highest BCUT2D eigenvalue weighted by molar-refractivity contribution is 5.51. The van der Waals surface area contributed by atoms with Crippen LogP contribution in [0.4, 0.5) is 5.69 Å². The van der Waals surface area contributed by atoms with E-state index < -0.39 is 0 Å². The molecule has 0 aliphatic carbocycles. The second-order valence-electron chi connectivity index (χ2n) is 7.16. The van der Waals surface area contributed by atoms with E-state index in [0.717, 1.165) is 19.6 Å². The molecule has 0 bridgehead atoms. The molecule has 1 atom stereocenters. The Hall–Kier alpha value is -1.06. The van der Waals surface area contributed by atoms with Gasteiger partial charge in [0.15, 0.2) is 0 Å². The van der Waals surface area contributed by atoms with E-state index in [9.17, 15) is 0 Å². The first-order valence-corrected chi connectivity index (χ1v) is 8.01. The lowest BCUT2D eigenvalue weighted by molar-refractivity contribution is 0.0893. The van der Waals surface area contributed by atoms with Gasteiger partial charge in [0.1, 0.15) is 0 Å². The van der Waals surface area contributed by atoms with Gasteiger partial charge in [0, 0.05) is 38.0 Å². The van der Waals surface area contributed by atoms with Crippen molar-refractivity contribution < 1.29 is 4.74 Å². The zero-order valence-electron chi connectivity index (χ0n) is 14.2. The summed E-state index contributed by atoms with van der Waals surface area (Å²) in [7, 11) is 1.82. The molecule has 3 nitrogen and oxygen atoms in total. The first kappa shape index (κ1) is 16.3. The molecular weight excluding hydrogens is 260 g/mol. The van der Waals surface area contributed by atoms with E-state index in [4.69, 9.17) is 4.74 Å². The van der Waals surface area contributed by atoms with Gasteiger partial charge in [-0.15, -0.1) is 0 Å². The SMILES string of the molecule is COC1CCCN(c2ccc(CNC(C)(C)C)c(C)c2)C1. The summed E-state index contributed by atoms with van der Waals surface area (Å²) in [6, 6.07) is 6.84. The first-order valence-electron chi connectivity index (χ1n) is 8.01. The number of nitrogens with zero attached hydrogens (tertiary/aromatic N) is 1. The van der Waals surface area contributed by atoms with Crippen LogP contribution in [-0.2, 0) is 11.3 Å². The zero-order chi connectivity index (χ0) is 15.5. The minimum atomic E-state index is 0.156. The van der Waals surface area contributed by atoms with Crippen molar-refractivity contribution >= 4 is 5.69 Å². The number of nitrogens with one attached hydrogen (secondary N) is 1. The van der Waals surface area contributed by atoms with Gasteiger partial charge in [0.25, 0.3) is 0 Å². The van der Waals surface area contributed by atoms with Gasteiger partial charge in [-0.2, -0.15) is 0 Å². The number of piperidine rings is 1. The molecule has 1 heterocycles. The highest BCUT2D eigenvalue weighted by atomic mass is 16.5. The van der Waals surface area contributed by atoms with Gasteiger partial charge < -0.3 is 15.0 Å². The fraction of sp³-hybridized carbons (Fsp3) is 0.667. The molecule has 1 aliphatic heterocycles. The van der Waals surface area contributed by atoms with E-state index in [1.807, 2.05) is 7.11 Å². The summed E-state index contributed by atoms with van der Waals surface area (Å²) in [4.78, 5) is 2.45. The average Bonchev–Trinajstić information content (AvgIpc) is 2.45. The smallest absolute Gasteiger partial charge is 0.0746 e. The summed E-state index contributed by atoms with van der Waals surface area (Å²) in [5.41, 5.74) is 4.23. The molecule has 0 spiro atoms. The van der Waals surface area contributed by atoms with Gasteiger partial charge in [-0.3, -0.25) is 0 Å². The minimum Gasteiger partial charge on any atom is -0.380 e. The molecule has 0 amide bonds. The van der Waals surface area contributed by atoms with Crippen molar-refractivity contribution in [2.75, 3.05) is 25.1 Å². The maximum Gasteiger partial charge on any atom is 0.0746 e. The topological polar surface area (TPSA) is 24.5 Å². The Kier molecular flexibility index (Phi) is 5.28. The molecule has 1 aliphatic rings. The maximum atomic E-state index is 5.52. The van der Waals surface area contributed by atoms with Gasteiger partial charge in [-0.05, 0) is 63.8 Å². The molecular formula is C18H30N2O. The molecule has 3 heteroatoms. The number of ether oxygens (including phenoxy) is 1. The van der Waals surface area contributed by atoms with Crippen molar-refractivity contribution in [3.8, 4) is 0 Å². The quantitative estimate of drug-likeness (QED) is 0.918. The number of methoxy groups -OCH3 is 1. The fourth-order valence-corrected chi connectivity index (χ4v) is 2.80. The van der Waals surface area contributed by atoms with Gasteiger partial charge in [0.05, 0.1) is 6.10 Å². The third-order valence-electron chi connectivity index (χ3n) is 4.21. The molecule has 0 aromatic heterocycles. The van der Waals surface area contributed by atoms with Gasteiger partial charge in [-0.25, -0.2) is 0 Å². The summed E-state index contributed by atoms with van der Waals surface area (Å²) in [5.74, 6) is 0. The van der Waals surface area contributed by atoms with E-state index in [-0.39, 0.29) is 5.54 Å². The van der Waals surface area contributed by atoms with Crippen LogP contribution in [0.5, 0.6) is 0 Å². The second kappa shape index (κ2) is 6.80. The average molecular weight is 290 g/mol. The summed E-state index contributed by atoms with van der Waals surface area (Å²) in [5, 5.41) is 3.56. The van der Waals surface area contributed by atoms with E-state index in [0.29, 0.717) is 6.10 Å². The summed E-state index contributed by atoms with van der Waals surface area (Å²) < 4.78 is 5.52. The molecule has 1 aromatic carbocycles. The van der Waals surface area contributed by atoms with Crippen LogP contribution < -0.4 is 10.2 Å². The van der Waals surface area contributed by atoms with Crippen molar-refractivity contribution in [1.82, 2.24) is 5.32 Å². The first-order chi connectivity index (χ1) is 9.89. The molecule has 21 heavy (non-hydrogen) atoms. The van der Waals surface area contributed by atoms with Gasteiger partial charge >= 0.3 is 0 Å². The number of hydrogen-bond acceptors (Lipinski definition) is 3. The van der Waals surface area contributed by atoms with E-state index in [2.05, 4.69) is 56.1 Å². The molecule has 1 fully saturated rings. The third-order valence-corrected chi connectivity index (χ3v) is 4.21. The predicted octanol–water partition coefficient (Wildman–Crippen LogP) is 3.50. The monoisotopic (exact) mass is 290 g/mol. The van der Waals surface area contributed by atoms with Crippen molar-refractivity contribution in [3.05, 3.63) is 29.3 Å². The number of hydrogen-bond donors (Lipinski definition) is 1. The maximum absolute atomic E-state index is 5.52. The Morgan fingerprint density at radius 3 is 2.71 bits per heavy atom. The predicted molar refractivity (Wildman–Crippen MR) is 90.0 cm³/mol. The number of benzene rings is 1. The van der Waals surface area contributed by atoms with Crippen LogP contribution in [0.1, 0.15) is 44.7 Å². The minimum absolute atomic E-state index is 0.156. The Morgan fingerprint density at radius 2 is 2.10 bits per heavy atom. The molecule has 0 radical (unpaired) electrons. The van der Waals surface area contributed by atoms with Crippen LogP contribution in [0, 0.1) is 6.92 Å². The van der Waals surface area contributed by atoms with Crippen molar-refractivity contribution in [1.29, 1.82) is 0 Å². The highest BCUT2D eigenvalue weighted by Gasteiger charge is 2.20. The van der Waals surface area contributed by atoms with Crippen LogP contribution in [0.25, 0.3) is 0 Å². The molecule has 1 aromatic rings. The Labute approximate surface area is 129 Å².